The first-order chi connectivity index (χ1) is 7.25. The van der Waals surface area contributed by atoms with Crippen molar-refractivity contribution in [2.45, 2.75) is 0 Å². The molecule has 4 heteroatoms. The fourth-order valence-electron chi connectivity index (χ4n) is 1.11. The van der Waals surface area contributed by atoms with Gasteiger partial charge in [-0.3, -0.25) is 0 Å². The van der Waals surface area contributed by atoms with E-state index in [1.54, 1.807) is 24.3 Å². The number of aromatic nitrogens is 1. The van der Waals surface area contributed by atoms with Crippen molar-refractivity contribution in [3.8, 4) is 11.6 Å². The second kappa shape index (κ2) is 3.96. The van der Waals surface area contributed by atoms with Gasteiger partial charge in [0.05, 0.1) is 11.9 Å². The summed E-state index contributed by atoms with van der Waals surface area (Å²) in [5, 5.41) is 0. The lowest BCUT2D eigenvalue weighted by molar-refractivity contribution is 0.461. The molecule has 0 bridgehead atoms. The molecule has 0 aliphatic carbocycles. The molecule has 0 fully saturated rings. The summed E-state index contributed by atoms with van der Waals surface area (Å²) in [5.74, 6) is 0.425. The Labute approximate surface area is 86.3 Å². The number of hydrogen-bond donors (Lipinski definition) is 1. The standard InChI is InChI=1S/C11H9FN2O/c12-8-5-6-11(14-7-8)15-10-4-2-1-3-9(10)13/h1-7H,13H2. The molecule has 1 aromatic carbocycles. The molecular weight excluding hydrogens is 195 g/mol. The average molecular weight is 204 g/mol. The molecule has 0 radical (unpaired) electrons. The fourth-order valence-corrected chi connectivity index (χ4v) is 1.11. The van der Waals surface area contributed by atoms with E-state index in [1.165, 1.54) is 12.1 Å². The number of anilines is 1. The number of ether oxygens (including phenoxy) is 1. The molecule has 0 saturated carbocycles. The predicted molar refractivity (Wildman–Crippen MR) is 55.1 cm³/mol. The number of halogens is 1. The van der Waals surface area contributed by atoms with E-state index in [-0.39, 0.29) is 0 Å². The normalized spacial score (nSPS) is 9.93. The SMILES string of the molecule is Nc1ccccc1Oc1ccc(F)cn1. The third-order valence-electron chi connectivity index (χ3n) is 1.83. The lowest BCUT2D eigenvalue weighted by Crippen LogP contribution is -1.93. The lowest BCUT2D eigenvalue weighted by atomic mass is 10.3. The van der Waals surface area contributed by atoms with Gasteiger partial charge in [-0.2, -0.15) is 0 Å². The molecule has 0 amide bonds. The minimum atomic E-state index is -0.400. The van der Waals surface area contributed by atoms with Crippen LogP contribution in [0.2, 0.25) is 0 Å². The summed E-state index contributed by atoms with van der Waals surface area (Å²) in [4.78, 5) is 3.76. The van der Waals surface area contributed by atoms with Gasteiger partial charge in [0.2, 0.25) is 5.88 Å². The van der Waals surface area contributed by atoms with Gasteiger partial charge >= 0.3 is 0 Å². The lowest BCUT2D eigenvalue weighted by Gasteiger charge is -2.06. The maximum atomic E-state index is 12.6. The minimum absolute atomic E-state index is 0.314. The molecule has 0 spiro atoms. The van der Waals surface area contributed by atoms with Gasteiger partial charge in [0, 0.05) is 6.07 Å². The van der Waals surface area contributed by atoms with Crippen LogP contribution in [0, 0.1) is 5.82 Å². The highest BCUT2D eigenvalue weighted by atomic mass is 19.1. The third kappa shape index (κ3) is 2.22. The first-order valence-electron chi connectivity index (χ1n) is 4.39. The van der Waals surface area contributed by atoms with Crippen LogP contribution in [0.3, 0.4) is 0 Å². The number of para-hydroxylation sites is 2. The summed E-state index contributed by atoms with van der Waals surface area (Å²) in [6.07, 6.45) is 1.09. The zero-order valence-electron chi connectivity index (χ0n) is 7.85. The molecule has 0 unspecified atom stereocenters. The zero-order valence-corrected chi connectivity index (χ0v) is 7.85. The minimum Gasteiger partial charge on any atom is -0.437 e. The van der Waals surface area contributed by atoms with Crippen LogP contribution in [0.4, 0.5) is 10.1 Å². The summed E-state index contributed by atoms with van der Waals surface area (Å²) < 4.78 is 17.9. The topological polar surface area (TPSA) is 48.1 Å². The van der Waals surface area contributed by atoms with E-state index in [4.69, 9.17) is 10.5 Å². The average Bonchev–Trinajstić information content (AvgIpc) is 2.25. The Morgan fingerprint density at radius 1 is 1.13 bits per heavy atom. The van der Waals surface area contributed by atoms with Gasteiger partial charge in [0.25, 0.3) is 0 Å². The van der Waals surface area contributed by atoms with Crippen LogP contribution in [0.25, 0.3) is 0 Å². The molecule has 2 aromatic rings. The van der Waals surface area contributed by atoms with Gasteiger partial charge < -0.3 is 10.5 Å². The van der Waals surface area contributed by atoms with Crippen LogP contribution in [0.15, 0.2) is 42.6 Å². The van der Waals surface area contributed by atoms with Crippen molar-refractivity contribution in [1.29, 1.82) is 0 Å². The first-order valence-corrected chi connectivity index (χ1v) is 4.39. The first kappa shape index (κ1) is 9.45. The second-order valence-corrected chi connectivity index (χ2v) is 2.95. The number of pyridine rings is 1. The van der Waals surface area contributed by atoms with Crippen molar-refractivity contribution < 1.29 is 9.13 Å². The number of benzene rings is 1. The van der Waals surface area contributed by atoms with Crippen molar-refractivity contribution in [3.63, 3.8) is 0 Å². The fraction of sp³-hybridized carbons (Fsp3) is 0. The Morgan fingerprint density at radius 2 is 1.93 bits per heavy atom. The Bertz CT molecular complexity index is 456. The molecule has 1 aromatic heterocycles. The Morgan fingerprint density at radius 3 is 2.60 bits per heavy atom. The highest BCUT2D eigenvalue weighted by Crippen LogP contribution is 2.25. The van der Waals surface area contributed by atoms with Gasteiger partial charge in [-0.05, 0) is 18.2 Å². The van der Waals surface area contributed by atoms with Gasteiger partial charge in [-0.25, -0.2) is 9.37 Å². The van der Waals surface area contributed by atoms with E-state index in [0.29, 0.717) is 17.3 Å². The number of nitrogens with two attached hydrogens (primary N) is 1. The van der Waals surface area contributed by atoms with E-state index in [0.717, 1.165) is 6.20 Å². The molecule has 2 N–H and O–H groups in total. The van der Waals surface area contributed by atoms with Crippen LogP contribution < -0.4 is 10.5 Å². The van der Waals surface area contributed by atoms with E-state index in [2.05, 4.69) is 4.98 Å². The smallest absolute Gasteiger partial charge is 0.219 e. The predicted octanol–water partition coefficient (Wildman–Crippen LogP) is 2.60. The van der Waals surface area contributed by atoms with Crippen LogP contribution in [-0.2, 0) is 0 Å². The Balaban J connectivity index is 2.22. The Hall–Kier alpha value is -2.10. The van der Waals surface area contributed by atoms with Gasteiger partial charge in [0.15, 0.2) is 5.75 Å². The summed E-state index contributed by atoms with van der Waals surface area (Å²) in [5.41, 5.74) is 6.19. The maximum absolute atomic E-state index is 12.6. The Kier molecular flexibility index (Phi) is 2.49. The molecule has 0 saturated heterocycles. The molecule has 3 nitrogen and oxygen atoms in total. The highest BCUT2D eigenvalue weighted by molar-refractivity contribution is 5.52. The highest BCUT2D eigenvalue weighted by Gasteiger charge is 2.01. The number of hydrogen-bond acceptors (Lipinski definition) is 3. The number of nitrogen functional groups attached to an aromatic ring is 1. The van der Waals surface area contributed by atoms with E-state index in [1.807, 2.05) is 0 Å². The van der Waals surface area contributed by atoms with Crippen LogP contribution in [-0.4, -0.2) is 4.98 Å². The molecule has 0 aliphatic rings. The summed E-state index contributed by atoms with van der Waals surface area (Å²) >= 11 is 0. The number of rotatable bonds is 2. The van der Waals surface area contributed by atoms with Crippen molar-refractivity contribution >= 4 is 5.69 Å². The largest absolute Gasteiger partial charge is 0.437 e. The second-order valence-electron chi connectivity index (χ2n) is 2.95. The molecule has 2 rings (SSSR count). The van der Waals surface area contributed by atoms with Crippen LogP contribution in [0.5, 0.6) is 11.6 Å². The van der Waals surface area contributed by atoms with Crippen LogP contribution >= 0.6 is 0 Å². The molecule has 0 aliphatic heterocycles. The summed E-state index contributed by atoms with van der Waals surface area (Å²) in [6.45, 7) is 0. The van der Waals surface area contributed by atoms with E-state index >= 15 is 0 Å². The molecular formula is C11H9FN2O. The maximum Gasteiger partial charge on any atom is 0.219 e. The van der Waals surface area contributed by atoms with Crippen molar-refractivity contribution in [2.24, 2.45) is 0 Å². The van der Waals surface area contributed by atoms with Gasteiger partial charge in [-0.15, -0.1) is 0 Å². The van der Waals surface area contributed by atoms with E-state index < -0.39 is 5.82 Å². The number of nitrogens with zero attached hydrogens (tertiary/aromatic N) is 1. The third-order valence-corrected chi connectivity index (χ3v) is 1.83. The molecule has 1 heterocycles. The molecule has 15 heavy (non-hydrogen) atoms. The molecule has 76 valence electrons. The van der Waals surface area contributed by atoms with Gasteiger partial charge in [-0.1, -0.05) is 12.1 Å². The van der Waals surface area contributed by atoms with Crippen molar-refractivity contribution in [3.05, 3.63) is 48.4 Å². The van der Waals surface area contributed by atoms with Crippen LogP contribution in [0.1, 0.15) is 0 Å². The summed E-state index contributed by atoms with van der Waals surface area (Å²) in [7, 11) is 0. The van der Waals surface area contributed by atoms with Gasteiger partial charge in [0.1, 0.15) is 5.82 Å². The molecule has 0 atom stereocenters. The quantitative estimate of drug-likeness (QED) is 0.765. The van der Waals surface area contributed by atoms with E-state index in [9.17, 15) is 4.39 Å². The summed E-state index contributed by atoms with van der Waals surface area (Å²) in [6, 6.07) is 9.78. The monoisotopic (exact) mass is 204 g/mol. The van der Waals surface area contributed by atoms with Crippen molar-refractivity contribution in [2.75, 3.05) is 5.73 Å². The van der Waals surface area contributed by atoms with Crippen molar-refractivity contribution in [1.82, 2.24) is 4.98 Å². The zero-order chi connectivity index (χ0) is 10.7.